The summed E-state index contributed by atoms with van der Waals surface area (Å²) in [6.07, 6.45) is 3.09. The molecule has 1 aromatic rings. The van der Waals surface area contributed by atoms with E-state index in [2.05, 4.69) is 10.2 Å². The molecule has 0 saturated carbocycles. The van der Waals surface area contributed by atoms with Crippen molar-refractivity contribution in [1.29, 1.82) is 0 Å². The van der Waals surface area contributed by atoms with Crippen LogP contribution in [0.2, 0.25) is 0 Å². The van der Waals surface area contributed by atoms with Gasteiger partial charge in [0.25, 0.3) is 10.0 Å². The number of piperidine rings is 1. The molecule has 0 radical (unpaired) electrons. The zero-order valence-corrected chi connectivity index (χ0v) is 11.6. The van der Waals surface area contributed by atoms with Crippen LogP contribution in [0.3, 0.4) is 0 Å². The molecule has 2 heterocycles. The van der Waals surface area contributed by atoms with E-state index >= 15 is 0 Å². The number of aliphatic hydroxyl groups excluding tert-OH is 1. The zero-order valence-electron chi connectivity index (χ0n) is 10.8. The van der Waals surface area contributed by atoms with Gasteiger partial charge in [0.05, 0.1) is 6.20 Å². The van der Waals surface area contributed by atoms with Gasteiger partial charge in [0.1, 0.15) is 5.56 Å². The number of carboxylic acid groups (broad SMARTS) is 1. The van der Waals surface area contributed by atoms with Gasteiger partial charge >= 0.3 is 5.97 Å². The minimum atomic E-state index is -3.89. The van der Waals surface area contributed by atoms with Crippen LogP contribution in [0.4, 0.5) is 0 Å². The smallest absolute Gasteiger partial charge is 0.340 e. The van der Waals surface area contributed by atoms with E-state index in [1.54, 1.807) is 0 Å². The van der Waals surface area contributed by atoms with Crippen LogP contribution in [0.1, 0.15) is 29.6 Å². The van der Waals surface area contributed by atoms with Gasteiger partial charge in [-0.25, -0.2) is 13.2 Å². The minimum absolute atomic E-state index is 0.0169. The average Bonchev–Trinajstić information content (AvgIpc) is 2.89. The maximum absolute atomic E-state index is 12.5. The molecule has 0 bridgehead atoms. The van der Waals surface area contributed by atoms with Crippen molar-refractivity contribution in [3.05, 3.63) is 11.8 Å². The third-order valence-electron chi connectivity index (χ3n) is 3.45. The molecule has 9 heteroatoms. The van der Waals surface area contributed by atoms with Gasteiger partial charge in [-0.3, -0.25) is 5.10 Å². The number of aliphatic hydroxyl groups is 1. The molecular formula is C11H17N3O5S. The molecule has 1 atom stereocenters. The first kappa shape index (κ1) is 14.9. The summed E-state index contributed by atoms with van der Waals surface area (Å²) in [5.74, 6) is -1.24. The number of aromatic amines is 1. The molecule has 1 saturated heterocycles. The largest absolute Gasteiger partial charge is 0.478 e. The maximum Gasteiger partial charge on any atom is 0.340 e. The number of hydrogen-bond donors (Lipinski definition) is 3. The Morgan fingerprint density at radius 3 is 2.95 bits per heavy atom. The van der Waals surface area contributed by atoms with Gasteiger partial charge in [-0.2, -0.15) is 9.40 Å². The topological polar surface area (TPSA) is 124 Å². The summed E-state index contributed by atoms with van der Waals surface area (Å²) >= 11 is 0. The van der Waals surface area contributed by atoms with Crippen molar-refractivity contribution in [2.24, 2.45) is 5.92 Å². The van der Waals surface area contributed by atoms with Crippen LogP contribution in [0.15, 0.2) is 11.2 Å². The number of aromatic carboxylic acids is 1. The minimum Gasteiger partial charge on any atom is -0.478 e. The van der Waals surface area contributed by atoms with Crippen LogP contribution >= 0.6 is 0 Å². The molecular weight excluding hydrogens is 286 g/mol. The summed E-state index contributed by atoms with van der Waals surface area (Å²) in [4.78, 5) is 11.0. The lowest BCUT2D eigenvalue weighted by molar-refractivity contribution is 0.0692. The first-order chi connectivity index (χ1) is 9.46. The van der Waals surface area contributed by atoms with Gasteiger partial charge in [-0.15, -0.1) is 0 Å². The molecule has 1 unspecified atom stereocenters. The number of carboxylic acids is 1. The van der Waals surface area contributed by atoms with Crippen LogP contribution < -0.4 is 0 Å². The van der Waals surface area contributed by atoms with Crippen molar-refractivity contribution in [2.45, 2.75) is 24.3 Å². The number of nitrogens with zero attached hydrogens (tertiary/aromatic N) is 2. The Morgan fingerprint density at radius 1 is 1.55 bits per heavy atom. The summed E-state index contributed by atoms with van der Waals surface area (Å²) < 4.78 is 26.2. The number of carbonyl (C=O) groups is 1. The van der Waals surface area contributed by atoms with Gasteiger partial charge in [0.2, 0.25) is 0 Å². The van der Waals surface area contributed by atoms with E-state index in [0.717, 1.165) is 12.6 Å². The van der Waals surface area contributed by atoms with E-state index in [1.807, 2.05) is 0 Å². The maximum atomic E-state index is 12.5. The summed E-state index contributed by atoms with van der Waals surface area (Å²) in [5, 5.41) is 23.3. The number of H-pyrrole nitrogens is 1. The van der Waals surface area contributed by atoms with Crippen molar-refractivity contribution < 1.29 is 23.4 Å². The third kappa shape index (κ3) is 2.84. The van der Waals surface area contributed by atoms with E-state index in [1.165, 1.54) is 4.31 Å². The van der Waals surface area contributed by atoms with Crippen molar-refractivity contribution in [2.75, 3.05) is 19.7 Å². The van der Waals surface area contributed by atoms with Crippen molar-refractivity contribution in [3.63, 3.8) is 0 Å². The van der Waals surface area contributed by atoms with Crippen LogP contribution in [0.25, 0.3) is 0 Å². The second kappa shape index (κ2) is 5.90. The summed E-state index contributed by atoms with van der Waals surface area (Å²) in [6, 6.07) is 0. The Morgan fingerprint density at radius 2 is 2.30 bits per heavy atom. The molecule has 0 aromatic carbocycles. The highest BCUT2D eigenvalue weighted by Gasteiger charge is 2.34. The van der Waals surface area contributed by atoms with Gasteiger partial charge in [-0.1, -0.05) is 0 Å². The molecule has 1 aromatic heterocycles. The second-order valence-electron chi connectivity index (χ2n) is 4.80. The van der Waals surface area contributed by atoms with Crippen LogP contribution in [-0.4, -0.2) is 58.8 Å². The first-order valence-electron chi connectivity index (χ1n) is 6.34. The van der Waals surface area contributed by atoms with E-state index in [0.29, 0.717) is 25.9 Å². The highest BCUT2D eigenvalue weighted by molar-refractivity contribution is 7.89. The van der Waals surface area contributed by atoms with Crippen molar-refractivity contribution in [1.82, 2.24) is 14.5 Å². The number of hydrogen-bond acceptors (Lipinski definition) is 5. The fourth-order valence-corrected chi connectivity index (χ4v) is 4.04. The molecule has 1 aliphatic heterocycles. The Balaban J connectivity index is 2.25. The second-order valence-corrected chi connectivity index (χ2v) is 6.68. The zero-order chi connectivity index (χ0) is 14.8. The SMILES string of the molecule is O=C(O)c1cn[nH]c1S(=O)(=O)N1CCCC(CCO)C1. The van der Waals surface area contributed by atoms with E-state index < -0.39 is 16.0 Å². The Hall–Kier alpha value is -1.45. The summed E-state index contributed by atoms with van der Waals surface area (Å²) in [6.45, 7) is 0.659. The number of aromatic nitrogens is 2. The lowest BCUT2D eigenvalue weighted by Crippen LogP contribution is -2.40. The molecule has 8 nitrogen and oxygen atoms in total. The number of nitrogens with one attached hydrogen (secondary N) is 1. The first-order valence-corrected chi connectivity index (χ1v) is 7.78. The van der Waals surface area contributed by atoms with Crippen LogP contribution in [0, 0.1) is 5.92 Å². The molecule has 3 N–H and O–H groups in total. The predicted octanol–water partition coefficient (Wildman–Crippen LogP) is -0.109. The lowest BCUT2D eigenvalue weighted by Gasteiger charge is -2.31. The fourth-order valence-electron chi connectivity index (χ4n) is 2.42. The summed E-state index contributed by atoms with van der Waals surface area (Å²) in [5.41, 5.74) is -0.353. The number of sulfonamides is 1. The average molecular weight is 303 g/mol. The monoisotopic (exact) mass is 303 g/mol. The van der Waals surface area contributed by atoms with Crippen molar-refractivity contribution >= 4 is 16.0 Å². The van der Waals surface area contributed by atoms with Gasteiger partial charge in [0.15, 0.2) is 5.03 Å². The van der Waals surface area contributed by atoms with E-state index in [9.17, 15) is 13.2 Å². The Kier molecular flexibility index (Phi) is 4.41. The van der Waals surface area contributed by atoms with Crippen molar-refractivity contribution in [3.8, 4) is 0 Å². The normalized spacial score (nSPS) is 20.9. The molecule has 0 aliphatic carbocycles. The molecule has 2 rings (SSSR count). The van der Waals surface area contributed by atoms with Gasteiger partial charge in [-0.05, 0) is 25.2 Å². The predicted molar refractivity (Wildman–Crippen MR) is 68.7 cm³/mol. The van der Waals surface area contributed by atoms with Crippen LogP contribution in [-0.2, 0) is 10.0 Å². The van der Waals surface area contributed by atoms with Gasteiger partial charge in [0, 0.05) is 19.7 Å². The molecule has 1 aliphatic rings. The van der Waals surface area contributed by atoms with Gasteiger partial charge < -0.3 is 10.2 Å². The highest BCUT2D eigenvalue weighted by Crippen LogP contribution is 2.25. The lowest BCUT2D eigenvalue weighted by atomic mass is 9.97. The Bertz CT molecular complexity index is 581. The van der Waals surface area contributed by atoms with E-state index in [4.69, 9.17) is 10.2 Å². The molecule has 1 fully saturated rings. The fraction of sp³-hybridized carbons (Fsp3) is 0.636. The molecule has 112 valence electrons. The van der Waals surface area contributed by atoms with E-state index in [-0.39, 0.29) is 23.1 Å². The van der Waals surface area contributed by atoms with Crippen LogP contribution in [0.5, 0.6) is 0 Å². The quantitative estimate of drug-likeness (QED) is 0.697. The highest BCUT2D eigenvalue weighted by atomic mass is 32.2. The standard InChI is InChI=1S/C11H17N3O5S/c15-5-3-8-2-1-4-14(7-8)20(18,19)10-9(11(16)17)6-12-13-10/h6,8,15H,1-5,7H2,(H,12,13)(H,16,17). The third-order valence-corrected chi connectivity index (χ3v) is 5.29. The Labute approximate surface area is 116 Å². The molecule has 0 spiro atoms. The number of rotatable bonds is 5. The molecule has 0 amide bonds. The summed E-state index contributed by atoms with van der Waals surface area (Å²) in [7, 11) is -3.89. The molecule has 20 heavy (non-hydrogen) atoms.